The Hall–Kier alpha value is -0.410. The van der Waals surface area contributed by atoms with Gasteiger partial charge in [-0.3, -0.25) is 0 Å². The Bertz CT molecular complexity index is 378. The predicted octanol–water partition coefficient (Wildman–Crippen LogP) is 4.10. The third-order valence-corrected chi connectivity index (χ3v) is 5.45. The van der Waals surface area contributed by atoms with E-state index in [4.69, 9.17) is 4.98 Å². The largest absolute Gasteiger partial charge is 0.311 e. The summed E-state index contributed by atoms with van der Waals surface area (Å²) >= 11 is 1.89. The fraction of sp³-hybridized carbons (Fsp3) is 0.800. The molecule has 1 heterocycles. The summed E-state index contributed by atoms with van der Waals surface area (Å²) in [6.07, 6.45) is 6.53. The van der Waals surface area contributed by atoms with Crippen molar-refractivity contribution in [2.24, 2.45) is 11.8 Å². The lowest BCUT2D eigenvalue weighted by Gasteiger charge is -2.31. The highest BCUT2D eigenvalue weighted by Gasteiger charge is 2.28. The molecule has 0 spiro atoms. The molecule has 1 fully saturated rings. The third kappa shape index (κ3) is 2.94. The highest BCUT2D eigenvalue weighted by atomic mass is 32.1. The van der Waals surface area contributed by atoms with E-state index in [2.05, 4.69) is 33.1 Å². The van der Waals surface area contributed by atoms with Crippen molar-refractivity contribution in [3.63, 3.8) is 0 Å². The first-order valence-electron chi connectivity index (χ1n) is 7.29. The second-order valence-electron chi connectivity index (χ2n) is 5.69. The molecule has 18 heavy (non-hydrogen) atoms. The first kappa shape index (κ1) is 14.0. The molecule has 1 N–H and O–H groups in total. The number of thiazole rings is 1. The molecule has 2 rings (SSSR count). The van der Waals surface area contributed by atoms with Crippen LogP contribution in [0, 0.1) is 18.8 Å². The summed E-state index contributed by atoms with van der Waals surface area (Å²) < 4.78 is 0. The topological polar surface area (TPSA) is 24.9 Å². The van der Waals surface area contributed by atoms with Crippen molar-refractivity contribution in [3.8, 4) is 0 Å². The van der Waals surface area contributed by atoms with E-state index in [1.165, 1.54) is 41.3 Å². The molecular weight excluding hydrogens is 240 g/mol. The van der Waals surface area contributed by atoms with Gasteiger partial charge in [-0.1, -0.05) is 26.7 Å². The number of aryl methyl sites for hydroxylation is 2. The lowest BCUT2D eigenvalue weighted by molar-refractivity contribution is 0.237. The molecule has 1 aromatic heterocycles. The van der Waals surface area contributed by atoms with E-state index in [1.54, 1.807) is 0 Å². The Morgan fingerprint density at radius 3 is 2.50 bits per heavy atom. The first-order valence-corrected chi connectivity index (χ1v) is 8.10. The number of nitrogens with one attached hydrogen (secondary N) is 1. The number of rotatable bonds is 4. The lowest BCUT2D eigenvalue weighted by Crippen LogP contribution is -2.28. The van der Waals surface area contributed by atoms with Crippen LogP contribution >= 0.6 is 11.3 Å². The minimum atomic E-state index is 0.474. The number of aromatic nitrogens is 1. The van der Waals surface area contributed by atoms with Gasteiger partial charge in [0.25, 0.3) is 0 Å². The van der Waals surface area contributed by atoms with Crippen molar-refractivity contribution in [1.29, 1.82) is 0 Å². The maximum absolute atomic E-state index is 4.85. The molecule has 0 aromatic carbocycles. The van der Waals surface area contributed by atoms with Crippen LogP contribution in [-0.2, 0) is 6.42 Å². The fourth-order valence-electron chi connectivity index (χ4n) is 3.09. The summed E-state index contributed by atoms with van der Waals surface area (Å²) in [5.74, 6) is 1.70. The van der Waals surface area contributed by atoms with Crippen molar-refractivity contribution in [3.05, 3.63) is 15.6 Å². The zero-order valence-corrected chi connectivity index (χ0v) is 12.9. The fourth-order valence-corrected chi connectivity index (χ4v) is 4.31. The van der Waals surface area contributed by atoms with Gasteiger partial charge in [-0.25, -0.2) is 4.98 Å². The summed E-state index contributed by atoms with van der Waals surface area (Å²) in [5, 5.41) is 4.83. The zero-order valence-electron chi connectivity index (χ0n) is 12.1. The predicted molar refractivity (Wildman–Crippen MR) is 79.2 cm³/mol. The molecule has 1 aliphatic rings. The van der Waals surface area contributed by atoms with Crippen LogP contribution < -0.4 is 5.32 Å². The maximum Gasteiger partial charge on any atom is 0.110 e. The molecule has 1 atom stereocenters. The monoisotopic (exact) mass is 266 g/mol. The maximum atomic E-state index is 4.85. The molecule has 1 aliphatic carbocycles. The van der Waals surface area contributed by atoms with Crippen LogP contribution in [0.3, 0.4) is 0 Å². The van der Waals surface area contributed by atoms with Gasteiger partial charge in [0.1, 0.15) is 5.01 Å². The van der Waals surface area contributed by atoms with Gasteiger partial charge < -0.3 is 5.32 Å². The van der Waals surface area contributed by atoms with Gasteiger partial charge in [0.15, 0.2) is 0 Å². The molecule has 0 radical (unpaired) electrons. The molecule has 1 saturated carbocycles. The van der Waals surface area contributed by atoms with E-state index < -0.39 is 0 Å². The van der Waals surface area contributed by atoms with E-state index in [-0.39, 0.29) is 0 Å². The third-order valence-electron chi connectivity index (χ3n) is 4.35. The average molecular weight is 266 g/mol. The molecule has 0 bridgehead atoms. The number of hydrogen-bond donors (Lipinski definition) is 1. The van der Waals surface area contributed by atoms with Crippen LogP contribution in [0.1, 0.15) is 61.2 Å². The van der Waals surface area contributed by atoms with Gasteiger partial charge in [-0.2, -0.15) is 0 Å². The van der Waals surface area contributed by atoms with Crippen LogP contribution in [0.25, 0.3) is 0 Å². The van der Waals surface area contributed by atoms with Crippen molar-refractivity contribution in [2.45, 2.75) is 58.9 Å². The molecule has 0 aliphatic heterocycles. The SMILES string of the molecule is CCc1nc(C(NC)C2CCC(C)CC2)sc1C. The van der Waals surface area contributed by atoms with Gasteiger partial charge in [0, 0.05) is 4.88 Å². The highest BCUT2D eigenvalue weighted by Crippen LogP contribution is 2.38. The number of nitrogens with zero attached hydrogens (tertiary/aromatic N) is 1. The Balaban J connectivity index is 2.12. The quantitative estimate of drug-likeness (QED) is 0.887. The molecule has 102 valence electrons. The highest BCUT2D eigenvalue weighted by molar-refractivity contribution is 7.11. The molecule has 0 amide bonds. The summed E-state index contributed by atoms with van der Waals surface area (Å²) in [5.41, 5.74) is 1.29. The normalized spacial score (nSPS) is 26.2. The van der Waals surface area contributed by atoms with Gasteiger partial charge in [0.05, 0.1) is 11.7 Å². The molecule has 3 heteroatoms. The lowest BCUT2D eigenvalue weighted by atomic mass is 9.79. The van der Waals surface area contributed by atoms with Crippen molar-refractivity contribution < 1.29 is 0 Å². The van der Waals surface area contributed by atoms with E-state index in [0.29, 0.717) is 6.04 Å². The van der Waals surface area contributed by atoms with Crippen LogP contribution in [-0.4, -0.2) is 12.0 Å². The second-order valence-corrected chi connectivity index (χ2v) is 6.93. The Morgan fingerprint density at radius 1 is 1.33 bits per heavy atom. The van der Waals surface area contributed by atoms with E-state index in [9.17, 15) is 0 Å². The van der Waals surface area contributed by atoms with Crippen LogP contribution in [0.15, 0.2) is 0 Å². The average Bonchev–Trinajstić information content (AvgIpc) is 2.74. The standard InChI is InChI=1S/C15H26N2S/c1-5-13-11(3)18-15(17-13)14(16-4)12-8-6-10(2)7-9-12/h10,12,14,16H,5-9H2,1-4H3. The van der Waals surface area contributed by atoms with Crippen LogP contribution in [0.4, 0.5) is 0 Å². The smallest absolute Gasteiger partial charge is 0.110 e. The minimum absolute atomic E-state index is 0.474. The second kappa shape index (κ2) is 6.16. The summed E-state index contributed by atoms with van der Waals surface area (Å²) in [6.45, 7) is 6.78. The van der Waals surface area contributed by atoms with Gasteiger partial charge in [-0.15, -0.1) is 11.3 Å². The molecule has 1 aromatic rings. The first-order chi connectivity index (χ1) is 8.65. The Morgan fingerprint density at radius 2 is 2.00 bits per heavy atom. The van der Waals surface area contributed by atoms with Crippen LogP contribution in [0.2, 0.25) is 0 Å². The summed E-state index contributed by atoms with van der Waals surface area (Å²) in [4.78, 5) is 6.25. The zero-order chi connectivity index (χ0) is 13.1. The van der Waals surface area contributed by atoms with E-state index >= 15 is 0 Å². The van der Waals surface area contributed by atoms with Crippen LogP contribution in [0.5, 0.6) is 0 Å². The van der Waals surface area contributed by atoms with E-state index in [0.717, 1.165) is 18.3 Å². The van der Waals surface area contributed by atoms with Crippen molar-refractivity contribution >= 4 is 11.3 Å². The molecular formula is C15H26N2S. The van der Waals surface area contributed by atoms with E-state index in [1.807, 2.05) is 11.3 Å². The van der Waals surface area contributed by atoms with Crippen molar-refractivity contribution in [1.82, 2.24) is 10.3 Å². The molecule has 1 unspecified atom stereocenters. The summed E-state index contributed by atoms with van der Waals surface area (Å²) in [7, 11) is 2.09. The Kier molecular flexibility index (Phi) is 4.79. The summed E-state index contributed by atoms with van der Waals surface area (Å²) in [6, 6.07) is 0.474. The van der Waals surface area contributed by atoms with Crippen molar-refractivity contribution in [2.75, 3.05) is 7.05 Å². The Labute approximate surface area is 115 Å². The molecule has 0 saturated heterocycles. The van der Waals surface area contributed by atoms with Gasteiger partial charge in [-0.05, 0) is 45.1 Å². The van der Waals surface area contributed by atoms with Gasteiger partial charge >= 0.3 is 0 Å². The molecule has 2 nitrogen and oxygen atoms in total. The minimum Gasteiger partial charge on any atom is -0.311 e. The van der Waals surface area contributed by atoms with Gasteiger partial charge in [0.2, 0.25) is 0 Å². The number of hydrogen-bond acceptors (Lipinski definition) is 3.